The average Bonchev–Trinajstić information content (AvgIpc) is 2.41. The van der Waals surface area contributed by atoms with Crippen LogP contribution in [0.2, 0.25) is 0 Å². The Hall–Kier alpha value is -2.49. The fourth-order valence-electron chi connectivity index (χ4n) is 2.07. The number of aryl methyl sites for hydroxylation is 1. The number of hydrogen-bond donors (Lipinski definition) is 1. The lowest BCUT2D eigenvalue weighted by atomic mass is 10.0. The van der Waals surface area contributed by atoms with Gasteiger partial charge >= 0.3 is 5.69 Å². The molecule has 1 N–H and O–H groups in total. The number of H-pyrrole nitrogens is 1. The standard InChI is InChI=1S/C14H11N3O/c1-9-7-16-14(18)17-13(9)11-4-2-3-10-5-6-15-8-12(10)11/h2-8H,1H3,(H,16,17,18). The van der Waals surface area contributed by atoms with Crippen molar-refractivity contribution in [3.05, 3.63) is 58.9 Å². The van der Waals surface area contributed by atoms with Crippen molar-refractivity contribution in [3.8, 4) is 11.3 Å². The molecule has 4 nitrogen and oxygen atoms in total. The topological polar surface area (TPSA) is 58.6 Å². The largest absolute Gasteiger partial charge is 0.345 e. The van der Waals surface area contributed by atoms with Crippen molar-refractivity contribution < 1.29 is 0 Å². The molecule has 0 aliphatic heterocycles. The van der Waals surface area contributed by atoms with Gasteiger partial charge in [0.25, 0.3) is 0 Å². The van der Waals surface area contributed by atoms with E-state index < -0.39 is 0 Å². The van der Waals surface area contributed by atoms with Gasteiger partial charge in [-0.25, -0.2) is 9.78 Å². The highest BCUT2D eigenvalue weighted by Crippen LogP contribution is 2.27. The van der Waals surface area contributed by atoms with Gasteiger partial charge < -0.3 is 4.98 Å². The molecule has 2 aromatic heterocycles. The lowest BCUT2D eigenvalue weighted by Gasteiger charge is -2.08. The van der Waals surface area contributed by atoms with Crippen molar-refractivity contribution in [1.29, 1.82) is 0 Å². The van der Waals surface area contributed by atoms with E-state index in [4.69, 9.17) is 0 Å². The van der Waals surface area contributed by atoms with E-state index in [1.165, 1.54) is 0 Å². The van der Waals surface area contributed by atoms with Gasteiger partial charge in [-0.1, -0.05) is 18.2 Å². The first-order chi connectivity index (χ1) is 8.75. The molecular formula is C14H11N3O. The number of nitrogens with zero attached hydrogens (tertiary/aromatic N) is 2. The number of fused-ring (bicyclic) bond motifs is 1. The zero-order valence-corrected chi connectivity index (χ0v) is 9.84. The van der Waals surface area contributed by atoms with Gasteiger partial charge in [-0.15, -0.1) is 0 Å². The Morgan fingerprint density at radius 3 is 2.94 bits per heavy atom. The summed E-state index contributed by atoms with van der Waals surface area (Å²) < 4.78 is 0. The van der Waals surface area contributed by atoms with Crippen molar-refractivity contribution in [1.82, 2.24) is 15.0 Å². The summed E-state index contributed by atoms with van der Waals surface area (Å²) in [5.41, 5.74) is 2.37. The summed E-state index contributed by atoms with van der Waals surface area (Å²) in [6, 6.07) is 7.92. The molecule has 0 bridgehead atoms. The van der Waals surface area contributed by atoms with Crippen molar-refractivity contribution in [2.45, 2.75) is 6.92 Å². The van der Waals surface area contributed by atoms with Crippen LogP contribution >= 0.6 is 0 Å². The number of hydrogen-bond acceptors (Lipinski definition) is 3. The average molecular weight is 237 g/mol. The molecule has 0 spiro atoms. The number of pyridine rings is 1. The summed E-state index contributed by atoms with van der Waals surface area (Å²) in [6.45, 7) is 1.92. The summed E-state index contributed by atoms with van der Waals surface area (Å²) in [5.74, 6) is 0. The predicted octanol–water partition coefficient (Wildman–Crippen LogP) is 2.29. The fraction of sp³-hybridized carbons (Fsp3) is 0.0714. The molecule has 0 aliphatic rings. The van der Waals surface area contributed by atoms with Crippen molar-refractivity contribution in [2.24, 2.45) is 0 Å². The van der Waals surface area contributed by atoms with E-state index in [9.17, 15) is 4.79 Å². The SMILES string of the molecule is Cc1cnc(=O)[nH]c1-c1cccc2ccncc12. The van der Waals surface area contributed by atoms with E-state index in [-0.39, 0.29) is 5.69 Å². The third-order valence-electron chi connectivity index (χ3n) is 2.95. The van der Waals surface area contributed by atoms with E-state index in [0.717, 1.165) is 27.6 Å². The Kier molecular flexibility index (Phi) is 2.41. The molecule has 0 unspecified atom stereocenters. The zero-order chi connectivity index (χ0) is 12.5. The summed E-state index contributed by atoms with van der Waals surface area (Å²) >= 11 is 0. The number of aromatic nitrogens is 3. The molecule has 0 amide bonds. The molecule has 0 aliphatic carbocycles. The Morgan fingerprint density at radius 2 is 2.06 bits per heavy atom. The van der Waals surface area contributed by atoms with Gasteiger partial charge in [-0.05, 0) is 23.9 Å². The van der Waals surface area contributed by atoms with Crippen LogP contribution in [0.3, 0.4) is 0 Å². The van der Waals surface area contributed by atoms with Gasteiger partial charge in [-0.2, -0.15) is 0 Å². The molecule has 3 rings (SSSR count). The first kappa shape index (κ1) is 10.7. The minimum absolute atomic E-state index is 0.337. The van der Waals surface area contributed by atoms with Gasteiger partial charge in [0, 0.05) is 29.5 Å². The van der Waals surface area contributed by atoms with Crippen LogP contribution in [0.1, 0.15) is 5.56 Å². The van der Waals surface area contributed by atoms with Crippen LogP contribution in [0.25, 0.3) is 22.0 Å². The second-order valence-corrected chi connectivity index (χ2v) is 4.15. The van der Waals surface area contributed by atoms with Gasteiger partial charge in [-0.3, -0.25) is 4.98 Å². The molecule has 18 heavy (non-hydrogen) atoms. The van der Waals surface area contributed by atoms with Crippen LogP contribution < -0.4 is 5.69 Å². The Labute approximate surface area is 103 Å². The first-order valence-electron chi connectivity index (χ1n) is 5.65. The first-order valence-corrected chi connectivity index (χ1v) is 5.65. The molecule has 0 saturated heterocycles. The monoisotopic (exact) mass is 237 g/mol. The van der Waals surface area contributed by atoms with Gasteiger partial charge in [0.15, 0.2) is 0 Å². The van der Waals surface area contributed by atoms with Crippen LogP contribution in [-0.4, -0.2) is 15.0 Å². The minimum Gasteiger partial charge on any atom is -0.305 e. The highest BCUT2D eigenvalue weighted by molar-refractivity contribution is 5.95. The number of nitrogens with one attached hydrogen (secondary N) is 1. The van der Waals surface area contributed by atoms with E-state index in [1.807, 2.05) is 37.4 Å². The number of aromatic amines is 1. The Balaban J connectivity index is 2.38. The quantitative estimate of drug-likeness (QED) is 0.706. The molecule has 2 heterocycles. The minimum atomic E-state index is -0.337. The van der Waals surface area contributed by atoms with E-state index in [2.05, 4.69) is 15.0 Å². The predicted molar refractivity (Wildman–Crippen MR) is 70.3 cm³/mol. The van der Waals surface area contributed by atoms with Crippen LogP contribution in [0, 0.1) is 6.92 Å². The maximum absolute atomic E-state index is 11.4. The molecule has 0 atom stereocenters. The van der Waals surface area contributed by atoms with E-state index in [0.29, 0.717) is 0 Å². The summed E-state index contributed by atoms with van der Waals surface area (Å²) in [6.07, 6.45) is 5.15. The number of rotatable bonds is 1. The number of benzene rings is 1. The lowest BCUT2D eigenvalue weighted by Crippen LogP contribution is -2.11. The lowest BCUT2D eigenvalue weighted by molar-refractivity contribution is 1.06. The highest BCUT2D eigenvalue weighted by Gasteiger charge is 2.07. The highest BCUT2D eigenvalue weighted by atomic mass is 16.1. The van der Waals surface area contributed by atoms with Crippen LogP contribution in [0.4, 0.5) is 0 Å². The van der Waals surface area contributed by atoms with E-state index >= 15 is 0 Å². The van der Waals surface area contributed by atoms with Gasteiger partial charge in [0.05, 0.1) is 5.69 Å². The second-order valence-electron chi connectivity index (χ2n) is 4.15. The molecule has 0 radical (unpaired) electrons. The zero-order valence-electron chi connectivity index (χ0n) is 9.84. The third-order valence-corrected chi connectivity index (χ3v) is 2.95. The Bertz CT molecular complexity index is 772. The molecule has 0 saturated carbocycles. The maximum Gasteiger partial charge on any atom is 0.345 e. The molecule has 0 fully saturated rings. The third kappa shape index (κ3) is 1.68. The van der Waals surface area contributed by atoms with Crippen LogP contribution in [-0.2, 0) is 0 Å². The van der Waals surface area contributed by atoms with Crippen molar-refractivity contribution in [3.63, 3.8) is 0 Å². The summed E-state index contributed by atoms with van der Waals surface area (Å²) in [7, 11) is 0. The van der Waals surface area contributed by atoms with Crippen LogP contribution in [0.15, 0.2) is 47.7 Å². The van der Waals surface area contributed by atoms with Crippen molar-refractivity contribution in [2.75, 3.05) is 0 Å². The van der Waals surface area contributed by atoms with Crippen molar-refractivity contribution >= 4 is 10.8 Å². The normalized spacial score (nSPS) is 10.7. The van der Waals surface area contributed by atoms with Gasteiger partial charge in [0.1, 0.15) is 0 Å². The van der Waals surface area contributed by atoms with Gasteiger partial charge in [0.2, 0.25) is 0 Å². The molecule has 4 heteroatoms. The fourth-order valence-corrected chi connectivity index (χ4v) is 2.07. The molecule has 88 valence electrons. The van der Waals surface area contributed by atoms with Crippen LogP contribution in [0.5, 0.6) is 0 Å². The van der Waals surface area contributed by atoms with E-state index in [1.54, 1.807) is 12.4 Å². The summed E-state index contributed by atoms with van der Waals surface area (Å²) in [4.78, 5) is 22.0. The molecule has 1 aromatic carbocycles. The molecular weight excluding hydrogens is 226 g/mol. The maximum atomic E-state index is 11.4. The second kappa shape index (κ2) is 4.07. The molecule has 3 aromatic rings. The smallest absolute Gasteiger partial charge is 0.305 e. The Morgan fingerprint density at radius 1 is 1.17 bits per heavy atom. The summed E-state index contributed by atoms with van der Waals surface area (Å²) in [5, 5.41) is 2.12.